The number of nitrogens with one attached hydrogen (secondary N) is 1. The molecule has 0 radical (unpaired) electrons. The molecular formula is C7H14N2O. The number of hydrogen-bond donors (Lipinski definition) is 2. The Bertz CT molecular complexity index is 158. The minimum Gasteiger partial charge on any atom is -0.291 e. The van der Waals surface area contributed by atoms with E-state index in [9.17, 15) is 0 Å². The third-order valence-electron chi connectivity index (χ3n) is 0.791. The molecule has 0 aliphatic carbocycles. The Hall–Kier alpha value is -1.09. The van der Waals surface area contributed by atoms with E-state index in [-0.39, 0.29) is 1.43 Å². The van der Waals surface area contributed by atoms with Crippen LogP contribution in [0.15, 0.2) is 24.5 Å². The molecule has 0 unspecified atom stereocenters. The highest BCUT2D eigenvalue weighted by Gasteiger charge is 1.80. The quantitative estimate of drug-likeness (QED) is 0.590. The second kappa shape index (κ2) is 6.04. The predicted octanol–water partition coefficient (Wildman–Crippen LogP) is 2.15. The molecule has 0 saturated carbocycles. The first-order valence-electron chi connectivity index (χ1n) is 3.23. The second-order valence-electron chi connectivity index (χ2n) is 1.35. The maximum Gasteiger partial charge on any atom is 0.0785 e. The lowest BCUT2D eigenvalue weighted by atomic mass is 10.4. The zero-order valence-corrected chi connectivity index (χ0v) is 6.20. The van der Waals surface area contributed by atoms with Crippen molar-refractivity contribution in [1.29, 1.82) is 0 Å². The minimum atomic E-state index is 0. The molecule has 0 bridgehead atoms. The van der Waals surface area contributed by atoms with E-state index in [1.54, 1.807) is 18.3 Å². The van der Waals surface area contributed by atoms with Crippen LogP contribution < -0.4 is 5.48 Å². The summed E-state index contributed by atoms with van der Waals surface area (Å²) < 4.78 is 0. The van der Waals surface area contributed by atoms with Crippen molar-refractivity contribution in [2.75, 3.05) is 5.48 Å². The van der Waals surface area contributed by atoms with Gasteiger partial charge in [-0.2, -0.15) is 0 Å². The SMILES string of the molecule is CC.ONc1cccnc1.[HH]. The van der Waals surface area contributed by atoms with Gasteiger partial charge in [0.2, 0.25) is 0 Å². The molecule has 1 aromatic rings. The molecule has 0 amide bonds. The minimum absolute atomic E-state index is 0. The molecule has 1 rings (SSSR count). The molecule has 0 atom stereocenters. The van der Waals surface area contributed by atoms with E-state index in [0.29, 0.717) is 5.69 Å². The van der Waals surface area contributed by atoms with Crippen LogP contribution in [-0.4, -0.2) is 10.2 Å². The fourth-order valence-corrected chi connectivity index (χ4v) is 0.429. The molecule has 0 saturated heterocycles. The zero-order chi connectivity index (χ0) is 7.82. The van der Waals surface area contributed by atoms with Gasteiger partial charge in [-0.15, -0.1) is 0 Å². The van der Waals surface area contributed by atoms with E-state index < -0.39 is 0 Å². The first-order chi connectivity index (χ1) is 4.93. The maximum atomic E-state index is 8.25. The first kappa shape index (κ1) is 8.91. The molecule has 1 heterocycles. The van der Waals surface area contributed by atoms with Crippen molar-refractivity contribution in [3.63, 3.8) is 0 Å². The standard InChI is InChI=1S/C5H6N2O.C2H6.H2/c8-7-5-2-1-3-6-4-5;1-2;/h1-4,7-8H;1-2H3;1H. The van der Waals surface area contributed by atoms with E-state index in [1.807, 2.05) is 19.3 Å². The third kappa shape index (κ3) is 3.04. The second-order valence-corrected chi connectivity index (χ2v) is 1.35. The topological polar surface area (TPSA) is 45.1 Å². The van der Waals surface area contributed by atoms with Gasteiger partial charge in [0, 0.05) is 7.62 Å². The normalized spacial score (nSPS) is 7.50. The van der Waals surface area contributed by atoms with Crippen LogP contribution in [0.5, 0.6) is 0 Å². The lowest BCUT2D eigenvalue weighted by molar-refractivity contribution is 0.388. The van der Waals surface area contributed by atoms with Crippen molar-refractivity contribution in [3.8, 4) is 0 Å². The summed E-state index contributed by atoms with van der Waals surface area (Å²) in [6.45, 7) is 4.00. The van der Waals surface area contributed by atoms with Gasteiger partial charge in [-0.3, -0.25) is 15.7 Å². The van der Waals surface area contributed by atoms with Gasteiger partial charge in [-0.05, 0) is 12.1 Å². The molecular weight excluding hydrogens is 128 g/mol. The molecule has 2 N–H and O–H groups in total. The van der Waals surface area contributed by atoms with E-state index >= 15 is 0 Å². The molecule has 0 aliphatic rings. The number of nitrogens with zero attached hydrogens (tertiary/aromatic N) is 1. The summed E-state index contributed by atoms with van der Waals surface area (Å²) in [4.78, 5) is 3.73. The van der Waals surface area contributed by atoms with E-state index in [1.165, 1.54) is 6.20 Å². The van der Waals surface area contributed by atoms with Crippen molar-refractivity contribution in [1.82, 2.24) is 4.98 Å². The summed E-state index contributed by atoms with van der Waals surface area (Å²) in [7, 11) is 0. The van der Waals surface area contributed by atoms with Crippen LogP contribution in [0.1, 0.15) is 15.3 Å². The van der Waals surface area contributed by atoms with Crippen LogP contribution in [0.3, 0.4) is 0 Å². The van der Waals surface area contributed by atoms with Gasteiger partial charge >= 0.3 is 0 Å². The van der Waals surface area contributed by atoms with Gasteiger partial charge in [-0.1, -0.05) is 13.8 Å². The Balaban J connectivity index is 0. The fourth-order valence-electron chi connectivity index (χ4n) is 0.429. The highest BCUT2D eigenvalue weighted by molar-refractivity contribution is 5.36. The number of rotatable bonds is 1. The Morgan fingerprint density at radius 1 is 1.60 bits per heavy atom. The van der Waals surface area contributed by atoms with Gasteiger partial charge < -0.3 is 0 Å². The molecule has 10 heavy (non-hydrogen) atoms. The van der Waals surface area contributed by atoms with Crippen LogP contribution in [-0.2, 0) is 0 Å². The summed E-state index contributed by atoms with van der Waals surface area (Å²) in [5.74, 6) is 0. The summed E-state index contributed by atoms with van der Waals surface area (Å²) in [5.41, 5.74) is 2.57. The van der Waals surface area contributed by atoms with E-state index in [4.69, 9.17) is 5.21 Å². The average Bonchev–Trinajstić information content (AvgIpc) is 2.10. The van der Waals surface area contributed by atoms with Crippen molar-refractivity contribution in [2.45, 2.75) is 13.8 Å². The molecule has 3 nitrogen and oxygen atoms in total. The van der Waals surface area contributed by atoms with Crippen molar-refractivity contribution >= 4 is 5.69 Å². The van der Waals surface area contributed by atoms with Crippen molar-refractivity contribution in [2.24, 2.45) is 0 Å². The predicted molar refractivity (Wildman–Crippen MR) is 43.1 cm³/mol. The number of hydrogen-bond acceptors (Lipinski definition) is 3. The molecule has 1 aromatic heterocycles. The highest BCUT2D eigenvalue weighted by atomic mass is 16.5. The molecule has 3 heteroatoms. The van der Waals surface area contributed by atoms with E-state index in [0.717, 1.165) is 0 Å². The van der Waals surface area contributed by atoms with Gasteiger partial charge in [0.25, 0.3) is 0 Å². The Labute approximate surface area is 62.2 Å². The summed E-state index contributed by atoms with van der Waals surface area (Å²) in [6, 6.07) is 3.45. The Morgan fingerprint density at radius 2 is 2.30 bits per heavy atom. The third-order valence-corrected chi connectivity index (χ3v) is 0.791. The molecule has 58 valence electrons. The van der Waals surface area contributed by atoms with Gasteiger partial charge in [0.05, 0.1) is 11.9 Å². The van der Waals surface area contributed by atoms with Crippen LogP contribution in [0, 0.1) is 0 Å². The van der Waals surface area contributed by atoms with Crippen molar-refractivity contribution < 1.29 is 6.63 Å². The monoisotopic (exact) mass is 142 g/mol. The Morgan fingerprint density at radius 3 is 2.60 bits per heavy atom. The van der Waals surface area contributed by atoms with Gasteiger partial charge in [-0.25, -0.2) is 0 Å². The highest BCUT2D eigenvalue weighted by Crippen LogP contribution is 1.98. The zero-order valence-electron chi connectivity index (χ0n) is 6.20. The van der Waals surface area contributed by atoms with Crippen LogP contribution in [0.25, 0.3) is 0 Å². The van der Waals surface area contributed by atoms with Gasteiger partial charge in [0.1, 0.15) is 0 Å². The van der Waals surface area contributed by atoms with Crippen molar-refractivity contribution in [3.05, 3.63) is 24.5 Å². The van der Waals surface area contributed by atoms with Crippen LogP contribution in [0.4, 0.5) is 5.69 Å². The summed E-state index contributed by atoms with van der Waals surface area (Å²) in [5, 5.41) is 8.25. The maximum absolute atomic E-state index is 8.25. The molecule has 0 aromatic carbocycles. The van der Waals surface area contributed by atoms with E-state index in [2.05, 4.69) is 4.98 Å². The number of anilines is 1. The summed E-state index contributed by atoms with van der Waals surface area (Å²) in [6.07, 6.45) is 3.17. The first-order valence-corrected chi connectivity index (χ1v) is 3.23. The largest absolute Gasteiger partial charge is 0.291 e. The molecule has 0 spiro atoms. The molecule has 0 aliphatic heterocycles. The number of pyridine rings is 1. The lowest BCUT2D eigenvalue weighted by Crippen LogP contribution is -1.87. The van der Waals surface area contributed by atoms with Gasteiger partial charge in [0.15, 0.2) is 0 Å². The summed E-state index contributed by atoms with van der Waals surface area (Å²) >= 11 is 0. The average molecular weight is 142 g/mol. The lowest BCUT2D eigenvalue weighted by Gasteiger charge is -1.91. The molecule has 0 fully saturated rings. The smallest absolute Gasteiger partial charge is 0.0785 e. The van der Waals surface area contributed by atoms with Crippen LogP contribution in [0.2, 0.25) is 0 Å². The van der Waals surface area contributed by atoms with Crippen LogP contribution >= 0.6 is 0 Å². The fraction of sp³-hybridized carbons (Fsp3) is 0.286. The Kier molecular flexibility index (Phi) is 5.38. The number of aromatic nitrogens is 1.